The van der Waals surface area contributed by atoms with Crippen molar-refractivity contribution >= 4 is 12.0 Å². The second kappa shape index (κ2) is 8.70. The Labute approximate surface area is 173 Å². The second-order valence-electron chi connectivity index (χ2n) is 6.81. The lowest BCUT2D eigenvalue weighted by molar-refractivity contribution is 0.0552. The number of benzene rings is 1. The van der Waals surface area contributed by atoms with Crippen LogP contribution in [-0.2, 0) is 7.05 Å². The third kappa shape index (κ3) is 4.61. The molecule has 10 heteroatoms. The minimum Gasteiger partial charge on any atom is -0.406 e. The number of hydrogen-bond donors (Lipinski definition) is 1. The van der Waals surface area contributed by atoms with Gasteiger partial charge in [-0.25, -0.2) is 24.8 Å². The van der Waals surface area contributed by atoms with Crippen molar-refractivity contribution in [2.45, 2.75) is 0 Å². The average molecular weight is 407 g/mol. The fraction of sp³-hybridized carbons (Fsp3) is 0.250. The summed E-state index contributed by atoms with van der Waals surface area (Å²) in [5.74, 6) is 0.682. The fourth-order valence-corrected chi connectivity index (χ4v) is 3.07. The Morgan fingerprint density at radius 3 is 2.33 bits per heavy atom. The van der Waals surface area contributed by atoms with E-state index in [9.17, 15) is 9.59 Å². The molecule has 30 heavy (non-hydrogen) atoms. The van der Waals surface area contributed by atoms with Gasteiger partial charge in [0.05, 0.1) is 18.7 Å². The summed E-state index contributed by atoms with van der Waals surface area (Å²) < 4.78 is 6.98. The summed E-state index contributed by atoms with van der Waals surface area (Å²) in [5.41, 5.74) is 3.97. The Morgan fingerprint density at radius 2 is 1.70 bits per heavy atom. The number of hydrogen-bond acceptors (Lipinski definition) is 7. The van der Waals surface area contributed by atoms with Gasteiger partial charge >= 0.3 is 6.09 Å². The van der Waals surface area contributed by atoms with Gasteiger partial charge in [-0.15, -0.1) is 0 Å². The van der Waals surface area contributed by atoms with Crippen molar-refractivity contribution in [2.24, 2.45) is 7.05 Å². The van der Waals surface area contributed by atoms with Crippen molar-refractivity contribution in [3.05, 3.63) is 60.9 Å². The molecule has 1 aliphatic heterocycles. The van der Waals surface area contributed by atoms with Crippen LogP contribution >= 0.6 is 0 Å². The Kier molecular flexibility index (Phi) is 5.66. The maximum Gasteiger partial charge on any atom is 0.427 e. The Balaban J connectivity index is 1.25. The first kappa shape index (κ1) is 19.5. The predicted molar refractivity (Wildman–Crippen MR) is 107 cm³/mol. The molecule has 1 aromatic carbocycles. The minimum atomic E-state index is -0.629. The van der Waals surface area contributed by atoms with Crippen LogP contribution in [0, 0.1) is 0 Å². The lowest BCUT2D eigenvalue weighted by Crippen LogP contribution is -2.55. The SMILES string of the molecule is Cn1cnc(C(=O)N2CCN(NC(=O)Oc3cnc(-c4ccccc4)nc3)CC2)c1. The minimum absolute atomic E-state index is 0.117. The van der Waals surface area contributed by atoms with Crippen molar-refractivity contribution in [3.63, 3.8) is 0 Å². The molecule has 2 amide bonds. The second-order valence-corrected chi connectivity index (χ2v) is 6.81. The van der Waals surface area contributed by atoms with E-state index in [1.54, 1.807) is 27.0 Å². The quantitative estimate of drug-likeness (QED) is 0.696. The monoisotopic (exact) mass is 407 g/mol. The first-order chi connectivity index (χ1) is 14.6. The molecule has 154 valence electrons. The van der Waals surface area contributed by atoms with Crippen LogP contribution in [-0.4, -0.2) is 67.6 Å². The smallest absolute Gasteiger partial charge is 0.406 e. The van der Waals surface area contributed by atoms with Gasteiger partial charge in [-0.2, -0.15) is 0 Å². The molecule has 1 N–H and O–H groups in total. The van der Waals surface area contributed by atoms with Gasteiger partial charge in [0.1, 0.15) is 5.69 Å². The molecule has 0 atom stereocenters. The molecular formula is C20H21N7O3. The number of nitrogens with zero attached hydrogens (tertiary/aromatic N) is 6. The number of aromatic nitrogens is 4. The molecule has 0 unspecified atom stereocenters. The highest BCUT2D eigenvalue weighted by molar-refractivity contribution is 5.92. The number of amides is 2. The number of imidazole rings is 1. The van der Waals surface area contributed by atoms with Gasteiger partial charge in [0.2, 0.25) is 0 Å². The summed E-state index contributed by atoms with van der Waals surface area (Å²) in [7, 11) is 1.82. The zero-order chi connectivity index (χ0) is 20.9. The zero-order valence-electron chi connectivity index (χ0n) is 16.4. The van der Waals surface area contributed by atoms with E-state index >= 15 is 0 Å². The molecule has 0 aliphatic carbocycles. The van der Waals surface area contributed by atoms with E-state index in [1.807, 2.05) is 37.4 Å². The van der Waals surface area contributed by atoms with Crippen LogP contribution in [0.25, 0.3) is 11.4 Å². The molecule has 3 heterocycles. The highest BCUT2D eigenvalue weighted by Crippen LogP contribution is 2.16. The van der Waals surface area contributed by atoms with Crippen LogP contribution in [0.1, 0.15) is 10.5 Å². The van der Waals surface area contributed by atoms with E-state index in [-0.39, 0.29) is 11.7 Å². The fourth-order valence-electron chi connectivity index (χ4n) is 3.07. The van der Waals surface area contributed by atoms with Crippen LogP contribution in [0.15, 0.2) is 55.2 Å². The lowest BCUT2D eigenvalue weighted by atomic mass is 10.2. The highest BCUT2D eigenvalue weighted by atomic mass is 16.6. The summed E-state index contributed by atoms with van der Waals surface area (Å²) in [5, 5.41) is 1.71. The van der Waals surface area contributed by atoms with E-state index in [0.29, 0.717) is 37.7 Å². The molecule has 0 bridgehead atoms. The molecule has 1 fully saturated rings. The summed E-state index contributed by atoms with van der Waals surface area (Å²) in [4.78, 5) is 38.8. The summed E-state index contributed by atoms with van der Waals surface area (Å²) in [6, 6.07) is 9.53. The Bertz CT molecular complexity index is 1010. The van der Waals surface area contributed by atoms with E-state index in [4.69, 9.17) is 4.74 Å². The molecular weight excluding hydrogens is 386 g/mol. The van der Waals surface area contributed by atoms with E-state index < -0.39 is 6.09 Å². The van der Waals surface area contributed by atoms with Gasteiger partial charge in [0, 0.05) is 45.0 Å². The molecule has 2 aromatic heterocycles. The summed E-state index contributed by atoms with van der Waals surface area (Å²) in [6.45, 7) is 1.92. The number of nitrogens with one attached hydrogen (secondary N) is 1. The first-order valence-electron chi connectivity index (χ1n) is 9.46. The number of carbonyl (C=O) groups is 2. The zero-order valence-corrected chi connectivity index (χ0v) is 16.4. The normalized spacial score (nSPS) is 14.4. The topological polar surface area (TPSA) is 105 Å². The molecule has 0 radical (unpaired) electrons. The molecule has 3 aromatic rings. The van der Waals surface area contributed by atoms with Crippen molar-refractivity contribution in [2.75, 3.05) is 26.2 Å². The number of ether oxygens (including phenoxy) is 1. The van der Waals surface area contributed by atoms with Gasteiger partial charge in [-0.3, -0.25) is 10.2 Å². The Morgan fingerprint density at radius 1 is 1.00 bits per heavy atom. The Hall–Kier alpha value is -3.79. The molecule has 0 saturated carbocycles. The van der Waals surface area contributed by atoms with Crippen LogP contribution in [0.5, 0.6) is 5.75 Å². The maximum absolute atomic E-state index is 12.4. The van der Waals surface area contributed by atoms with Gasteiger partial charge in [-0.1, -0.05) is 30.3 Å². The third-order valence-electron chi connectivity index (χ3n) is 4.61. The van der Waals surface area contributed by atoms with Crippen LogP contribution in [0.3, 0.4) is 0 Å². The van der Waals surface area contributed by atoms with Gasteiger partial charge in [0.15, 0.2) is 11.6 Å². The molecule has 1 saturated heterocycles. The van der Waals surface area contributed by atoms with Crippen molar-refractivity contribution in [1.29, 1.82) is 0 Å². The standard InChI is InChI=1S/C20H21N7O3/c1-25-13-17(23-14-25)19(28)26-7-9-27(10-8-26)24-20(29)30-16-11-21-18(22-12-16)15-5-3-2-4-6-15/h2-6,11-14H,7-10H2,1H3,(H,24,29). The summed E-state index contributed by atoms with van der Waals surface area (Å²) >= 11 is 0. The molecule has 0 spiro atoms. The van der Waals surface area contributed by atoms with Crippen LogP contribution in [0.2, 0.25) is 0 Å². The van der Waals surface area contributed by atoms with Crippen LogP contribution < -0.4 is 10.2 Å². The number of rotatable bonds is 4. The first-order valence-corrected chi connectivity index (χ1v) is 9.46. The van der Waals surface area contributed by atoms with E-state index in [0.717, 1.165) is 5.56 Å². The number of carbonyl (C=O) groups excluding carboxylic acids is 2. The van der Waals surface area contributed by atoms with Gasteiger partial charge < -0.3 is 14.2 Å². The van der Waals surface area contributed by atoms with E-state index in [1.165, 1.54) is 12.4 Å². The molecule has 10 nitrogen and oxygen atoms in total. The predicted octanol–water partition coefficient (Wildman–Crippen LogP) is 1.34. The number of piperazine rings is 1. The highest BCUT2D eigenvalue weighted by Gasteiger charge is 2.24. The van der Waals surface area contributed by atoms with Crippen molar-refractivity contribution < 1.29 is 14.3 Å². The number of hydrazine groups is 1. The maximum atomic E-state index is 12.4. The van der Waals surface area contributed by atoms with Gasteiger partial charge in [0.25, 0.3) is 5.91 Å². The largest absolute Gasteiger partial charge is 0.427 e. The summed E-state index contributed by atoms with van der Waals surface area (Å²) in [6.07, 6.45) is 5.57. The van der Waals surface area contributed by atoms with Crippen molar-refractivity contribution in [3.8, 4) is 17.1 Å². The van der Waals surface area contributed by atoms with E-state index in [2.05, 4.69) is 20.4 Å². The molecule has 4 rings (SSSR count). The third-order valence-corrected chi connectivity index (χ3v) is 4.61. The average Bonchev–Trinajstić information content (AvgIpc) is 3.21. The molecule has 1 aliphatic rings. The lowest BCUT2D eigenvalue weighted by Gasteiger charge is -2.33. The van der Waals surface area contributed by atoms with Crippen molar-refractivity contribution in [1.82, 2.24) is 34.9 Å². The van der Waals surface area contributed by atoms with Gasteiger partial charge in [-0.05, 0) is 0 Å². The number of aryl methyl sites for hydroxylation is 1. The van der Waals surface area contributed by atoms with Crippen LogP contribution in [0.4, 0.5) is 4.79 Å².